The predicted molar refractivity (Wildman–Crippen MR) is 105 cm³/mol. The molecule has 0 aliphatic rings. The van der Waals surface area contributed by atoms with Crippen LogP contribution in [0.15, 0.2) is 48.5 Å². The molecule has 0 radical (unpaired) electrons. The van der Waals surface area contributed by atoms with Crippen LogP contribution >= 0.6 is 0 Å². The summed E-state index contributed by atoms with van der Waals surface area (Å²) in [5, 5.41) is 17.4. The number of ether oxygens (including phenoxy) is 1. The zero-order valence-electron chi connectivity index (χ0n) is 15.9. The molecule has 0 saturated heterocycles. The van der Waals surface area contributed by atoms with Crippen molar-refractivity contribution in [2.45, 2.75) is 25.5 Å². The number of carbonyl (C=O) groups is 3. The maximum Gasteiger partial charge on any atom is 0.411 e. The molecule has 0 heterocycles. The monoisotopic (exact) mass is 403 g/mol. The maximum absolute atomic E-state index is 13.7. The van der Waals surface area contributed by atoms with Gasteiger partial charge in [0.15, 0.2) is 0 Å². The van der Waals surface area contributed by atoms with Gasteiger partial charge < -0.3 is 20.5 Å². The summed E-state index contributed by atoms with van der Waals surface area (Å²) in [6.45, 7) is 1.76. The average Bonchev–Trinajstić information content (AvgIpc) is 2.74. The molecule has 0 saturated carbocycles. The van der Waals surface area contributed by atoms with Crippen molar-refractivity contribution in [1.82, 2.24) is 5.32 Å². The average molecular weight is 403 g/mol. The molecule has 29 heavy (non-hydrogen) atoms. The third-order valence-electron chi connectivity index (χ3n) is 4.13. The van der Waals surface area contributed by atoms with E-state index in [1.807, 2.05) is 0 Å². The van der Waals surface area contributed by atoms with Crippen molar-refractivity contribution in [1.29, 1.82) is 0 Å². The predicted octanol–water partition coefficient (Wildman–Crippen LogP) is 2.57. The van der Waals surface area contributed by atoms with Crippen LogP contribution in [0.3, 0.4) is 0 Å². The number of hydrogen-bond acceptors (Lipinski definition) is 5. The Kier molecular flexibility index (Phi) is 7.67. The minimum atomic E-state index is -1.00. The third-order valence-corrected chi connectivity index (χ3v) is 4.13. The molecule has 2 unspecified atom stereocenters. The molecule has 4 N–H and O–H groups in total. The summed E-state index contributed by atoms with van der Waals surface area (Å²) >= 11 is 0. The lowest BCUT2D eigenvalue weighted by Crippen LogP contribution is -2.44. The Morgan fingerprint density at radius 3 is 2.38 bits per heavy atom. The molecular formula is C20H22FN3O5. The zero-order chi connectivity index (χ0) is 21.4. The van der Waals surface area contributed by atoms with Gasteiger partial charge in [-0.3, -0.25) is 14.9 Å². The van der Waals surface area contributed by atoms with Gasteiger partial charge in [0.25, 0.3) is 0 Å². The van der Waals surface area contributed by atoms with Crippen LogP contribution in [-0.2, 0) is 14.3 Å². The van der Waals surface area contributed by atoms with Crippen molar-refractivity contribution in [3.63, 3.8) is 0 Å². The van der Waals surface area contributed by atoms with Crippen LogP contribution < -0.4 is 16.0 Å². The minimum absolute atomic E-state index is 0.0922. The Hall–Kier alpha value is -3.46. The fourth-order valence-electron chi connectivity index (χ4n) is 2.57. The normalized spacial score (nSPS) is 12.4. The number of aliphatic hydroxyl groups excluding tert-OH is 1. The van der Waals surface area contributed by atoms with E-state index in [4.69, 9.17) is 0 Å². The molecule has 0 bridgehead atoms. The number of hydrogen-bond donors (Lipinski definition) is 4. The van der Waals surface area contributed by atoms with E-state index >= 15 is 0 Å². The van der Waals surface area contributed by atoms with Gasteiger partial charge in [0.1, 0.15) is 5.82 Å². The Bertz CT molecular complexity index is 876. The highest BCUT2D eigenvalue weighted by Crippen LogP contribution is 2.21. The molecule has 0 spiro atoms. The molecule has 3 amide bonds. The van der Waals surface area contributed by atoms with Gasteiger partial charge in [-0.2, -0.15) is 0 Å². The van der Waals surface area contributed by atoms with Gasteiger partial charge in [-0.1, -0.05) is 37.3 Å². The van der Waals surface area contributed by atoms with Crippen LogP contribution in [0.4, 0.5) is 20.6 Å². The summed E-state index contributed by atoms with van der Waals surface area (Å²) in [4.78, 5) is 35.7. The van der Waals surface area contributed by atoms with Gasteiger partial charge in [0, 0.05) is 5.69 Å². The van der Waals surface area contributed by atoms with E-state index in [9.17, 15) is 23.9 Å². The van der Waals surface area contributed by atoms with E-state index in [0.717, 1.165) is 19.2 Å². The summed E-state index contributed by atoms with van der Waals surface area (Å²) in [6, 6.07) is 11.5. The maximum atomic E-state index is 13.7. The molecule has 9 heteroatoms. The lowest BCUT2D eigenvalue weighted by molar-refractivity contribution is -0.137. The number of methoxy groups -OCH3 is 1. The van der Waals surface area contributed by atoms with Crippen molar-refractivity contribution in [3.05, 3.63) is 59.9 Å². The second-order valence-electron chi connectivity index (χ2n) is 6.11. The number of anilines is 2. The van der Waals surface area contributed by atoms with Crippen molar-refractivity contribution in [2.75, 3.05) is 17.7 Å². The number of nitrogens with one attached hydrogen (secondary N) is 3. The molecule has 2 rings (SSSR count). The number of aliphatic hydroxyl groups is 1. The number of carbonyl (C=O) groups excluding carboxylic acids is 3. The van der Waals surface area contributed by atoms with E-state index in [1.165, 1.54) is 6.07 Å². The molecule has 0 fully saturated rings. The van der Waals surface area contributed by atoms with E-state index in [2.05, 4.69) is 20.7 Å². The fourth-order valence-corrected chi connectivity index (χ4v) is 2.57. The van der Waals surface area contributed by atoms with Crippen LogP contribution in [0.25, 0.3) is 0 Å². The number of rotatable bonds is 6. The van der Waals surface area contributed by atoms with Crippen LogP contribution in [0.2, 0.25) is 0 Å². The molecule has 0 aliphatic carbocycles. The standard InChI is InChI=1S/C20H22FN3O5/c1-3-15(17(25)12-7-5-4-6-8-12)23-19(27)18(26)22-13-9-10-14(21)16(11-13)24-20(28)29-2/h4-11,15,17,25H,3H2,1-2H3,(H,22,26)(H,23,27)(H,24,28). The van der Waals surface area contributed by atoms with Crippen molar-refractivity contribution >= 4 is 29.3 Å². The zero-order valence-corrected chi connectivity index (χ0v) is 15.9. The third kappa shape index (κ3) is 6.01. The number of amides is 3. The Labute approximate surface area is 167 Å². The van der Waals surface area contributed by atoms with Gasteiger partial charge in [-0.25, -0.2) is 9.18 Å². The van der Waals surface area contributed by atoms with Crippen molar-refractivity contribution in [2.24, 2.45) is 0 Å². The van der Waals surface area contributed by atoms with Gasteiger partial charge in [-0.05, 0) is 30.2 Å². The number of benzene rings is 2. The summed E-state index contributed by atoms with van der Waals surface area (Å²) in [6.07, 6.45) is -1.48. The Morgan fingerprint density at radius 1 is 1.07 bits per heavy atom. The highest BCUT2D eigenvalue weighted by molar-refractivity contribution is 6.39. The molecular weight excluding hydrogens is 381 g/mol. The van der Waals surface area contributed by atoms with E-state index in [1.54, 1.807) is 37.3 Å². The smallest absolute Gasteiger partial charge is 0.411 e. The van der Waals surface area contributed by atoms with E-state index in [-0.39, 0.29) is 11.4 Å². The summed E-state index contributed by atoms with van der Waals surface area (Å²) in [7, 11) is 1.12. The molecule has 0 aromatic heterocycles. The second kappa shape index (κ2) is 10.2. The first-order chi connectivity index (χ1) is 13.8. The minimum Gasteiger partial charge on any atom is -0.453 e. The lowest BCUT2D eigenvalue weighted by atomic mass is 10.0. The second-order valence-corrected chi connectivity index (χ2v) is 6.11. The van der Waals surface area contributed by atoms with Gasteiger partial charge in [0.05, 0.1) is 24.9 Å². The molecule has 2 aromatic rings. The van der Waals surface area contributed by atoms with E-state index in [0.29, 0.717) is 12.0 Å². The summed E-state index contributed by atoms with van der Waals surface area (Å²) in [5.74, 6) is -2.70. The fraction of sp³-hybridized carbons (Fsp3) is 0.250. The first-order valence-electron chi connectivity index (χ1n) is 8.85. The largest absolute Gasteiger partial charge is 0.453 e. The SMILES string of the molecule is CCC(NC(=O)C(=O)Nc1ccc(F)c(NC(=O)OC)c1)C(O)c1ccccc1. The molecule has 8 nitrogen and oxygen atoms in total. The van der Waals surface area contributed by atoms with Gasteiger partial charge in [0.2, 0.25) is 0 Å². The van der Waals surface area contributed by atoms with Crippen molar-refractivity contribution < 1.29 is 28.6 Å². The topological polar surface area (TPSA) is 117 Å². The Balaban J connectivity index is 2.03. The molecule has 0 aliphatic heterocycles. The highest BCUT2D eigenvalue weighted by Gasteiger charge is 2.24. The first kappa shape index (κ1) is 21.8. The quantitative estimate of drug-likeness (QED) is 0.553. The summed E-state index contributed by atoms with van der Waals surface area (Å²) < 4.78 is 18.1. The van der Waals surface area contributed by atoms with E-state index < -0.39 is 35.9 Å². The van der Waals surface area contributed by atoms with Crippen LogP contribution in [0.1, 0.15) is 25.0 Å². The summed E-state index contributed by atoms with van der Waals surface area (Å²) in [5.41, 5.74) is 0.479. The molecule has 154 valence electrons. The lowest BCUT2D eigenvalue weighted by Gasteiger charge is -2.23. The number of halogens is 1. The Morgan fingerprint density at radius 2 is 1.76 bits per heavy atom. The van der Waals surface area contributed by atoms with Crippen LogP contribution in [0, 0.1) is 5.82 Å². The van der Waals surface area contributed by atoms with Crippen LogP contribution in [-0.4, -0.2) is 36.2 Å². The molecule has 2 atom stereocenters. The van der Waals surface area contributed by atoms with Gasteiger partial charge >= 0.3 is 17.9 Å². The first-order valence-corrected chi connectivity index (χ1v) is 8.85. The van der Waals surface area contributed by atoms with Gasteiger partial charge in [-0.15, -0.1) is 0 Å². The molecule has 2 aromatic carbocycles. The van der Waals surface area contributed by atoms with Crippen molar-refractivity contribution in [3.8, 4) is 0 Å². The highest BCUT2D eigenvalue weighted by atomic mass is 19.1. The van der Waals surface area contributed by atoms with Crippen LogP contribution in [0.5, 0.6) is 0 Å².